The second-order valence-electron chi connectivity index (χ2n) is 6.84. The third-order valence-corrected chi connectivity index (χ3v) is 5.28. The number of aromatic nitrogens is 2. The maximum atomic E-state index is 12.5. The van der Waals surface area contributed by atoms with Crippen LogP contribution in [-0.2, 0) is 7.05 Å². The number of hydrogen-bond acceptors (Lipinski definition) is 4. The zero-order chi connectivity index (χ0) is 16.4. The summed E-state index contributed by atoms with van der Waals surface area (Å²) < 4.78 is 1.59. The van der Waals surface area contributed by atoms with Gasteiger partial charge in [0, 0.05) is 46.0 Å². The Morgan fingerprint density at radius 3 is 2.39 bits per heavy atom. The average Bonchev–Trinajstić information content (AvgIpc) is 2.88. The zero-order valence-electron chi connectivity index (χ0n) is 14.0. The smallest absolute Gasteiger partial charge is 0.276 e. The van der Waals surface area contributed by atoms with Crippen molar-refractivity contribution >= 4 is 17.5 Å². The van der Waals surface area contributed by atoms with Crippen LogP contribution in [0.1, 0.15) is 23.3 Å². The average molecular weight is 340 g/mol. The van der Waals surface area contributed by atoms with Gasteiger partial charge in [-0.3, -0.25) is 14.4 Å². The van der Waals surface area contributed by atoms with E-state index in [9.17, 15) is 4.79 Å². The van der Waals surface area contributed by atoms with E-state index in [0.717, 1.165) is 32.1 Å². The second kappa shape index (κ2) is 7.20. The van der Waals surface area contributed by atoms with Crippen molar-refractivity contribution in [1.29, 1.82) is 0 Å². The summed E-state index contributed by atoms with van der Waals surface area (Å²) in [5.74, 6) is 0.758. The Bertz CT molecular complexity index is 545. The standard InChI is InChI=1S/C16H26ClN5O/c1-19-5-3-13(4-6-19)11-21-7-9-22(10-8-21)16(23)15-14(17)12-20(2)18-15/h12-13H,3-11H2,1-2H3. The molecule has 7 heteroatoms. The van der Waals surface area contributed by atoms with Crippen molar-refractivity contribution in [2.45, 2.75) is 12.8 Å². The van der Waals surface area contributed by atoms with Crippen LogP contribution in [0.5, 0.6) is 0 Å². The first-order valence-electron chi connectivity index (χ1n) is 8.42. The van der Waals surface area contributed by atoms with Crippen molar-refractivity contribution in [2.75, 3.05) is 52.9 Å². The fourth-order valence-electron chi connectivity index (χ4n) is 3.50. The Hall–Kier alpha value is -1.11. The van der Waals surface area contributed by atoms with Crippen LogP contribution in [0.15, 0.2) is 6.20 Å². The van der Waals surface area contributed by atoms with Crippen LogP contribution in [-0.4, -0.2) is 83.2 Å². The summed E-state index contributed by atoms with van der Waals surface area (Å²) in [5.41, 5.74) is 0.373. The molecule has 6 nitrogen and oxygen atoms in total. The summed E-state index contributed by atoms with van der Waals surface area (Å²) in [7, 11) is 3.98. The van der Waals surface area contributed by atoms with Crippen LogP contribution >= 0.6 is 11.6 Å². The number of amides is 1. The van der Waals surface area contributed by atoms with Crippen molar-refractivity contribution in [2.24, 2.45) is 13.0 Å². The normalized spacial score (nSPS) is 21.8. The number of piperazine rings is 1. The second-order valence-corrected chi connectivity index (χ2v) is 7.25. The molecule has 0 bridgehead atoms. The molecule has 0 atom stereocenters. The van der Waals surface area contributed by atoms with Gasteiger partial charge in [-0.1, -0.05) is 11.6 Å². The van der Waals surface area contributed by atoms with E-state index in [0.29, 0.717) is 10.7 Å². The third kappa shape index (κ3) is 4.05. The van der Waals surface area contributed by atoms with Crippen molar-refractivity contribution in [3.05, 3.63) is 16.9 Å². The number of halogens is 1. The Morgan fingerprint density at radius 2 is 1.83 bits per heavy atom. The summed E-state index contributed by atoms with van der Waals surface area (Å²) in [5, 5.41) is 4.62. The monoisotopic (exact) mass is 339 g/mol. The minimum Gasteiger partial charge on any atom is -0.335 e. The van der Waals surface area contributed by atoms with Gasteiger partial charge in [-0.25, -0.2) is 0 Å². The molecule has 0 aliphatic carbocycles. The molecule has 1 aromatic rings. The largest absolute Gasteiger partial charge is 0.335 e. The molecule has 3 rings (SSSR count). The maximum absolute atomic E-state index is 12.5. The lowest BCUT2D eigenvalue weighted by molar-refractivity contribution is 0.0588. The van der Waals surface area contributed by atoms with E-state index >= 15 is 0 Å². The lowest BCUT2D eigenvalue weighted by atomic mass is 9.96. The Balaban J connectivity index is 1.48. The summed E-state index contributed by atoms with van der Waals surface area (Å²) >= 11 is 6.08. The van der Waals surface area contributed by atoms with Crippen LogP contribution < -0.4 is 0 Å². The Kier molecular flexibility index (Phi) is 5.24. The Morgan fingerprint density at radius 1 is 1.17 bits per heavy atom. The number of carbonyl (C=O) groups excluding carboxylic acids is 1. The molecule has 0 radical (unpaired) electrons. The molecule has 0 N–H and O–H groups in total. The van der Waals surface area contributed by atoms with Gasteiger partial charge in [-0.15, -0.1) is 0 Å². The molecule has 1 aromatic heterocycles. The molecule has 0 saturated carbocycles. The van der Waals surface area contributed by atoms with Gasteiger partial charge in [-0.2, -0.15) is 5.10 Å². The lowest BCUT2D eigenvalue weighted by Gasteiger charge is -2.38. The number of rotatable bonds is 3. The van der Waals surface area contributed by atoms with E-state index in [1.165, 1.54) is 32.5 Å². The van der Waals surface area contributed by atoms with E-state index in [1.54, 1.807) is 17.9 Å². The highest BCUT2D eigenvalue weighted by Crippen LogP contribution is 2.20. The lowest BCUT2D eigenvalue weighted by Crippen LogP contribution is -2.50. The van der Waals surface area contributed by atoms with Crippen LogP contribution in [0.4, 0.5) is 0 Å². The van der Waals surface area contributed by atoms with Crippen LogP contribution in [0.2, 0.25) is 5.02 Å². The third-order valence-electron chi connectivity index (χ3n) is 5.00. The van der Waals surface area contributed by atoms with E-state index in [1.807, 2.05) is 4.90 Å². The van der Waals surface area contributed by atoms with Crippen LogP contribution in [0, 0.1) is 5.92 Å². The minimum atomic E-state index is -0.0467. The Labute approximate surface area is 143 Å². The molecule has 128 valence electrons. The molecule has 0 unspecified atom stereocenters. The maximum Gasteiger partial charge on any atom is 0.276 e. The molecular formula is C16H26ClN5O. The van der Waals surface area contributed by atoms with Crippen LogP contribution in [0.25, 0.3) is 0 Å². The predicted molar refractivity (Wildman–Crippen MR) is 90.8 cm³/mol. The van der Waals surface area contributed by atoms with Gasteiger partial charge in [0.15, 0.2) is 5.69 Å². The van der Waals surface area contributed by atoms with Gasteiger partial charge >= 0.3 is 0 Å². The molecule has 2 aliphatic heterocycles. The van der Waals surface area contributed by atoms with Gasteiger partial charge in [0.2, 0.25) is 0 Å². The van der Waals surface area contributed by atoms with Crippen LogP contribution in [0.3, 0.4) is 0 Å². The highest BCUT2D eigenvalue weighted by Gasteiger charge is 2.27. The number of nitrogens with zero attached hydrogens (tertiary/aromatic N) is 5. The molecule has 1 amide bonds. The van der Waals surface area contributed by atoms with Gasteiger partial charge in [0.05, 0.1) is 5.02 Å². The van der Waals surface area contributed by atoms with Gasteiger partial charge in [-0.05, 0) is 38.9 Å². The summed E-state index contributed by atoms with van der Waals surface area (Å²) in [6.45, 7) is 7.00. The summed E-state index contributed by atoms with van der Waals surface area (Å²) in [6, 6.07) is 0. The number of likely N-dealkylation sites (tertiary alicyclic amines) is 1. The number of piperidine rings is 1. The van der Waals surface area contributed by atoms with Crippen molar-refractivity contribution in [3.63, 3.8) is 0 Å². The van der Waals surface area contributed by atoms with Gasteiger partial charge < -0.3 is 9.80 Å². The van der Waals surface area contributed by atoms with E-state index in [2.05, 4.69) is 21.9 Å². The number of aryl methyl sites for hydroxylation is 1. The fourth-order valence-corrected chi connectivity index (χ4v) is 3.76. The minimum absolute atomic E-state index is 0.0467. The van der Waals surface area contributed by atoms with E-state index in [-0.39, 0.29) is 5.91 Å². The topological polar surface area (TPSA) is 44.6 Å². The first-order valence-corrected chi connectivity index (χ1v) is 8.80. The molecule has 0 spiro atoms. The highest BCUT2D eigenvalue weighted by molar-refractivity contribution is 6.33. The zero-order valence-corrected chi connectivity index (χ0v) is 14.8. The molecule has 2 saturated heterocycles. The van der Waals surface area contributed by atoms with Gasteiger partial charge in [0.25, 0.3) is 5.91 Å². The molecule has 2 aliphatic rings. The quantitative estimate of drug-likeness (QED) is 0.829. The van der Waals surface area contributed by atoms with Crippen molar-refractivity contribution in [3.8, 4) is 0 Å². The highest BCUT2D eigenvalue weighted by atomic mass is 35.5. The van der Waals surface area contributed by atoms with Crippen molar-refractivity contribution in [1.82, 2.24) is 24.5 Å². The van der Waals surface area contributed by atoms with Crippen molar-refractivity contribution < 1.29 is 4.79 Å². The summed E-state index contributed by atoms with van der Waals surface area (Å²) in [4.78, 5) is 19.3. The molecule has 2 fully saturated rings. The molecule has 23 heavy (non-hydrogen) atoms. The molecule has 3 heterocycles. The number of carbonyl (C=O) groups is 1. The SMILES string of the molecule is CN1CCC(CN2CCN(C(=O)c3nn(C)cc3Cl)CC2)CC1. The molecular weight excluding hydrogens is 314 g/mol. The summed E-state index contributed by atoms with van der Waals surface area (Å²) in [6.07, 6.45) is 4.25. The first kappa shape index (κ1) is 16.7. The number of hydrogen-bond donors (Lipinski definition) is 0. The van der Waals surface area contributed by atoms with E-state index < -0.39 is 0 Å². The predicted octanol–water partition coefficient (Wildman–Crippen LogP) is 1.17. The fraction of sp³-hybridized carbons (Fsp3) is 0.750. The van der Waals surface area contributed by atoms with E-state index in [4.69, 9.17) is 11.6 Å². The van der Waals surface area contributed by atoms with Gasteiger partial charge in [0.1, 0.15) is 0 Å². The molecule has 0 aromatic carbocycles. The first-order chi connectivity index (χ1) is 11.0.